The molecule has 0 N–H and O–H groups in total. The van der Waals surface area contributed by atoms with Crippen LogP contribution in [0.5, 0.6) is 0 Å². The van der Waals surface area contributed by atoms with Gasteiger partial charge in [-0.1, -0.05) is 0 Å². The molecule has 0 aromatic carbocycles. The first-order valence-electron chi connectivity index (χ1n) is 4.77. The first-order valence-corrected chi connectivity index (χ1v) is 4.77. The van der Waals surface area contributed by atoms with Crippen molar-refractivity contribution in [2.45, 2.75) is 36.3 Å². The number of hydrogen-bond donors (Lipinski definition) is 0. The predicted octanol–water partition coefficient (Wildman–Crippen LogP) is 5.80. The van der Waals surface area contributed by atoms with Crippen molar-refractivity contribution in [1.29, 1.82) is 0 Å². The smallest absolute Gasteiger partial charge is 0.221 e. The normalized spacial score (nSPS) is 19.0. The largest absolute Gasteiger partial charge is 0.457 e. The van der Waals surface area contributed by atoms with E-state index in [9.17, 15) is 70.2 Å². The number of halogens is 16. The maximum atomic E-state index is 13.4. The van der Waals surface area contributed by atoms with E-state index in [-0.39, 0.29) is 0 Å². The molecule has 0 nitrogen and oxygen atoms in total. The van der Waals surface area contributed by atoms with Gasteiger partial charge in [0.25, 0.3) is 0 Å². The number of allylic oxidation sites excluding steroid dienone is 2. The summed E-state index contributed by atoms with van der Waals surface area (Å²) in [6.45, 7) is 0. The summed E-state index contributed by atoms with van der Waals surface area (Å²) in [5.41, 5.74) is -13.5. The predicted molar refractivity (Wildman–Crippen MR) is 41.1 cm³/mol. The van der Waals surface area contributed by atoms with E-state index in [0.29, 0.717) is 0 Å². The van der Waals surface area contributed by atoms with E-state index in [2.05, 4.69) is 0 Å². The molecule has 0 aliphatic heterocycles. The van der Waals surface area contributed by atoms with Crippen LogP contribution in [0.15, 0.2) is 11.4 Å². The van der Waals surface area contributed by atoms with Crippen molar-refractivity contribution in [2.75, 3.05) is 0 Å². The van der Waals surface area contributed by atoms with E-state index in [4.69, 9.17) is 0 Å². The van der Waals surface area contributed by atoms with Gasteiger partial charge in [0.1, 0.15) is 5.57 Å². The fraction of sp³-hybridized carbons (Fsp3) is 0.750. The van der Waals surface area contributed by atoms with E-state index < -0.39 is 47.7 Å². The average molecular weight is 400 g/mol. The Hall–Kier alpha value is -1.38. The van der Waals surface area contributed by atoms with Gasteiger partial charge in [0.15, 0.2) is 0 Å². The lowest BCUT2D eigenvalue weighted by Gasteiger charge is -2.38. The van der Waals surface area contributed by atoms with Crippen LogP contribution >= 0.6 is 0 Å². The third-order valence-corrected chi connectivity index (χ3v) is 2.28. The van der Waals surface area contributed by atoms with Crippen LogP contribution in [0.25, 0.3) is 0 Å². The molecule has 1 atom stereocenters. The highest BCUT2D eigenvalue weighted by atomic mass is 19.4. The molecule has 0 fully saturated rings. The second-order valence-electron chi connectivity index (χ2n) is 3.91. The fourth-order valence-corrected chi connectivity index (χ4v) is 1.28. The Bertz CT molecular complexity index is 494. The van der Waals surface area contributed by atoms with Gasteiger partial charge in [-0.3, -0.25) is 0 Å². The Morgan fingerprint density at radius 2 is 0.792 bits per heavy atom. The summed E-state index contributed by atoms with van der Waals surface area (Å²) in [5, 5.41) is 0. The van der Waals surface area contributed by atoms with E-state index in [1.165, 1.54) is 0 Å². The lowest BCUT2D eigenvalue weighted by Crippen LogP contribution is -2.65. The van der Waals surface area contributed by atoms with Gasteiger partial charge in [-0.05, 0) is 0 Å². The molecule has 0 amide bonds. The van der Waals surface area contributed by atoms with Crippen LogP contribution in [-0.2, 0) is 0 Å². The number of rotatable bonds is 2. The van der Waals surface area contributed by atoms with Crippen molar-refractivity contribution < 1.29 is 70.2 Å². The van der Waals surface area contributed by atoms with Crippen molar-refractivity contribution in [3.05, 3.63) is 11.4 Å². The van der Waals surface area contributed by atoms with Gasteiger partial charge in [0.2, 0.25) is 5.83 Å². The zero-order valence-corrected chi connectivity index (χ0v) is 10.0. The summed E-state index contributed by atoms with van der Waals surface area (Å²) in [6.07, 6.45) is -30.4. The van der Waals surface area contributed by atoms with Crippen LogP contribution in [0.3, 0.4) is 0 Å². The van der Waals surface area contributed by atoms with Gasteiger partial charge in [-0.15, -0.1) is 0 Å². The highest BCUT2D eigenvalue weighted by molar-refractivity contribution is 5.34. The highest BCUT2D eigenvalue weighted by Crippen LogP contribution is 2.60. The van der Waals surface area contributed by atoms with E-state index in [0.717, 1.165) is 0 Å². The van der Waals surface area contributed by atoms with Crippen LogP contribution in [-0.4, -0.2) is 36.3 Å². The number of alkyl halides is 15. The maximum Gasteiger partial charge on any atom is 0.457 e. The zero-order chi connectivity index (χ0) is 20.2. The highest BCUT2D eigenvalue weighted by Gasteiger charge is 2.86. The molecule has 24 heavy (non-hydrogen) atoms. The average Bonchev–Trinajstić information content (AvgIpc) is 2.21. The van der Waals surface area contributed by atoms with Crippen molar-refractivity contribution in [3.8, 4) is 0 Å². The fourth-order valence-electron chi connectivity index (χ4n) is 1.28. The van der Waals surface area contributed by atoms with Gasteiger partial charge in [-0.2, -0.15) is 61.5 Å². The molecule has 0 spiro atoms. The molecule has 0 radical (unpaired) electrons. The first-order chi connectivity index (χ1) is 10.0. The molecule has 144 valence electrons. The molecule has 0 aliphatic rings. The zero-order valence-electron chi connectivity index (χ0n) is 10.0. The summed E-state index contributed by atoms with van der Waals surface area (Å²) in [4.78, 5) is 0. The molecule has 0 heterocycles. The van der Waals surface area contributed by atoms with E-state index in [1.807, 2.05) is 0 Å². The summed E-state index contributed by atoms with van der Waals surface area (Å²) in [6, 6.07) is 0. The van der Waals surface area contributed by atoms with Crippen LogP contribution in [0.1, 0.15) is 0 Å². The van der Waals surface area contributed by atoms with Gasteiger partial charge < -0.3 is 0 Å². The van der Waals surface area contributed by atoms with Crippen LogP contribution < -0.4 is 0 Å². The summed E-state index contributed by atoms with van der Waals surface area (Å²) in [5.74, 6) is -13.2. The SMILES string of the molecule is F/C(=C(\C(F)(F)F)C(F)(C(F)(F)F)C(F)(F)C(F)(F)F)C(F)(F)F. The summed E-state index contributed by atoms with van der Waals surface area (Å²) >= 11 is 0. The second-order valence-corrected chi connectivity index (χ2v) is 3.91. The molecule has 0 aromatic heterocycles. The Morgan fingerprint density at radius 1 is 0.458 bits per heavy atom. The molecule has 0 rings (SSSR count). The first kappa shape index (κ1) is 22.6. The minimum Gasteiger partial charge on any atom is -0.221 e. The third-order valence-electron chi connectivity index (χ3n) is 2.28. The molecule has 16 heteroatoms. The molecule has 0 saturated heterocycles. The van der Waals surface area contributed by atoms with Crippen LogP contribution in [0.2, 0.25) is 0 Å². The molecule has 1 unspecified atom stereocenters. The lowest BCUT2D eigenvalue weighted by molar-refractivity contribution is -0.380. The Morgan fingerprint density at radius 3 is 0.958 bits per heavy atom. The topological polar surface area (TPSA) is 0 Å². The molecule has 0 aromatic rings. The summed E-state index contributed by atoms with van der Waals surface area (Å²) < 4.78 is 196. The maximum absolute atomic E-state index is 13.4. The molecular formula is C8F16. The van der Waals surface area contributed by atoms with Gasteiger partial charge in [0, 0.05) is 0 Å². The van der Waals surface area contributed by atoms with E-state index >= 15 is 0 Å². The molecule has 0 aliphatic carbocycles. The van der Waals surface area contributed by atoms with E-state index in [1.54, 1.807) is 0 Å². The van der Waals surface area contributed by atoms with Crippen molar-refractivity contribution >= 4 is 0 Å². The van der Waals surface area contributed by atoms with Crippen molar-refractivity contribution in [1.82, 2.24) is 0 Å². The minimum absolute atomic E-state index is 5.14. The van der Waals surface area contributed by atoms with Crippen molar-refractivity contribution in [3.63, 3.8) is 0 Å². The lowest BCUT2D eigenvalue weighted by atomic mass is 9.86. The second kappa shape index (κ2) is 5.57. The quantitative estimate of drug-likeness (QED) is 0.514. The minimum atomic E-state index is -8.11. The standard InChI is InChI=1S/C8F16/c9-2(5(14,15)16)1(4(11,12)13)3(10,7(19,20)21)6(17,18)8(22,23)24/b2-1-. The molecular weight excluding hydrogens is 400 g/mol. The van der Waals surface area contributed by atoms with Crippen molar-refractivity contribution in [2.24, 2.45) is 0 Å². The Labute approximate surface area is 119 Å². The molecule has 0 bridgehead atoms. The summed E-state index contributed by atoms with van der Waals surface area (Å²) in [7, 11) is 0. The van der Waals surface area contributed by atoms with Gasteiger partial charge in [-0.25, -0.2) is 8.78 Å². The van der Waals surface area contributed by atoms with Crippen LogP contribution in [0.4, 0.5) is 70.2 Å². The van der Waals surface area contributed by atoms with Gasteiger partial charge >= 0.3 is 36.3 Å². The monoisotopic (exact) mass is 400 g/mol. The van der Waals surface area contributed by atoms with Crippen LogP contribution in [0, 0.1) is 0 Å². The third kappa shape index (κ3) is 3.50. The Kier molecular flexibility index (Phi) is 5.25. The Balaban J connectivity index is 7.23. The van der Waals surface area contributed by atoms with Gasteiger partial charge in [0.05, 0.1) is 0 Å². The molecule has 0 saturated carbocycles. The number of hydrogen-bond acceptors (Lipinski definition) is 0.